The highest BCUT2D eigenvalue weighted by molar-refractivity contribution is 5.74. The van der Waals surface area contributed by atoms with Gasteiger partial charge in [0.05, 0.1) is 5.60 Å². The Kier molecular flexibility index (Phi) is 11.2. The minimum absolute atomic E-state index is 0.0618. The number of amides is 3. The van der Waals surface area contributed by atoms with E-state index in [4.69, 9.17) is 0 Å². The van der Waals surface area contributed by atoms with Crippen molar-refractivity contribution in [1.82, 2.24) is 20.9 Å². The van der Waals surface area contributed by atoms with Crippen molar-refractivity contribution >= 4 is 11.9 Å². The molecule has 1 aromatic rings. The van der Waals surface area contributed by atoms with Crippen LogP contribution in [0.4, 0.5) is 9.18 Å². The highest BCUT2D eigenvalue weighted by Gasteiger charge is 2.43. The molecule has 2 fully saturated rings. The fourth-order valence-corrected chi connectivity index (χ4v) is 6.23. The first-order chi connectivity index (χ1) is 17.7. The lowest BCUT2D eigenvalue weighted by Gasteiger charge is -2.43. The topological polar surface area (TPSA) is 93.7 Å². The maximum atomic E-state index is 15.1. The zero-order valence-electron chi connectivity index (χ0n) is 23.0. The van der Waals surface area contributed by atoms with Crippen molar-refractivity contribution in [3.63, 3.8) is 0 Å². The molecule has 3 rings (SSSR count). The predicted molar refractivity (Wildman–Crippen MR) is 145 cm³/mol. The van der Waals surface area contributed by atoms with Crippen molar-refractivity contribution in [1.29, 1.82) is 0 Å². The maximum absolute atomic E-state index is 15.1. The van der Waals surface area contributed by atoms with E-state index in [1.54, 1.807) is 17.0 Å². The number of hydrogen-bond acceptors (Lipinski definition) is 4. The zero-order valence-corrected chi connectivity index (χ0v) is 23.0. The number of hydrogen-bond donors (Lipinski definition) is 4. The first kappa shape index (κ1) is 29.4. The average Bonchev–Trinajstić information content (AvgIpc) is 2.88. The summed E-state index contributed by atoms with van der Waals surface area (Å²) < 4.78 is 15.1. The van der Waals surface area contributed by atoms with Crippen molar-refractivity contribution < 1.29 is 19.1 Å². The Morgan fingerprint density at radius 3 is 2.65 bits per heavy atom. The van der Waals surface area contributed by atoms with Gasteiger partial charge in [0.2, 0.25) is 5.91 Å². The standard InChI is InChI=1S/C29H47FN4O3/c1-21-12-13-27(30)26(17-21)29(37,14-8-15-32-22(2)35)24-11-7-16-34(20-24)28(36)33-25(19-31-3)18-23-9-5-4-6-10-23/h12-13,17,23-25,31,37H,4-11,14-16,18-20H2,1-3H3,(H,32,35)(H,33,36)/t24-,25+,29+/m1/s1. The van der Waals surface area contributed by atoms with E-state index < -0.39 is 11.4 Å². The lowest BCUT2D eigenvalue weighted by atomic mass is 9.73. The molecule has 1 saturated carbocycles. The summed E-state index contributed by atoms with van der Waals surface area (Å²) >= 11 is 0. The van der Waals surface area contributed by atoms with E-state index in [-0.39, 0.29) is 29.5 Å². The Bertz CT molecular complexity index is 892. The molecular formula is C29H47FN4O3. The van der Waals surface area contributed by atoms with Crippen LogP contribution < -0.4 is 16.0 Å². The maximum Gasteiger partial charge on any atom is 0.317 e. The second kappa shape index (κ2) is 14.1. The molecule has 1 aromatic carbocycles. The number of benzene rings is 1. The molecule has 1 aliphatic heterocycles. The summed E-state index contributed by atoms with van der Waals surface area (Å²) in [6, 6.07) is 4.79. The first-order valence-corrected chi connectivity index (χ1v) is 14.2. The molecule has 1 aliphatic carbocycles. The molecule has 0 spiro atoms. The molecule has 1 saturated heterocycles. The van der Waals surface area contributed by atoms with E-state index in [1.165, 1.54) is 45.1 Å². The van der Waals surface area contributed by atoms with Gasteiger partial charge in [-0.15, -0.1) is 0 Å². The molecule has 1 heterocycles. The van der Waals surface area contributed by atoms with Crippen LogP contribution in [0.5, 0.6) is 0 Å². The van der Waals surface area contributed by atoms with Gasteiger partial charge in [-0.3, -0.25) is 4.79 Å². The van der Waals surface area contributed by atoms with E-state index in [0.29, 0.717) is 44.8 Å². The Balaban J connectivity index is 1.72. The number of likely N-dealkylation sites (N-methyl/N-ethyl adjacent to an activating group) is 1. The van der Waals surface area contributed by atoms with Crippen molar-refractivity contribution in [2.45, 2.75) is 89.7 Å². The molecular weight excluding hydrogens is 471 g/mol. The van der Waals surface area contributed by atoms with Crippen LogP contribution in [0.2, 0.25) is 0 Å². The largest absolute Gasteiger partial charge is 0.385 e. The summed E-state index contributed by atoms with van der Waals surface area (Å²) in [4.78, 5) is 26.5. The molecule has 4 N–H and O–H groups in total. The Hall–Kier alpha value is -2.19. The van der Waals surface area contributed by atoms with Gasteiger partial charge >= 0.3 is 6.03 Å². The van der Waals surface area contributed by atoms with E-state index in [9.17, 15) is 14.7 Å². The van der Waals surface area contributed by atoms with Gasteiger partial charge in [0.25, 0.3) is 0 Å². The van der Waals surface area contributed by atoms with E-state index in [2.05, 4.69) is 16.0 Å². The highest BCUT2D eigenvalue weighted by atomic mass is 19.1. The van der Waals surface area contributed by atoms with Gasteiger partial charge in [-0.05, 0) is 58.1 Å². The summed E-state index contributed by atoms with van der Waals surface area (Å²) in [6.45, 7) is 5.47. The number of carbonyl (C=O) groups is 2. The third kappa shape index (κ3) is 8.40. The second-order valence-corrected chi connectivity index (χ2v) is 11.2. The number of aliphatic hydroxyl groups is 1. The number of aryl methyl sites for hydroxylation is 1. The SMILES string of the molecule is CNC[C@H](CC1CCCCC1)NC(=O)N1CCC[C@@H]([C@@](O)(CCCNC(C)=O)c2cc(C)ccc2F)C1. The molecule has 3 amide bonds. The van der Waals surface area contributed by atoms with Gasteiger partial charge in [0, 0.05) is 50.6 Å². The molecule has 0 bridgehead atoms. The summed E-state index contributed by atoms with van der Waals surface area (Å²) in [6.07, 6.45) is 9.56. The first-order valence-electron chi connectivity index (χ1n) is 14.2. The van der Waals surface area contributed by atoms with E-state index in [1.807, 2.05) is 14.0 Å². The molecule has 37 heavy (non-hydrogen) atoms. The van der Waals surface area contributed by atoms with Crippen LogP contribution in [0, 0.1) is 24.6 Å². The average molecular weight is 519 g/mol. The summed E-state index contributed by atoms with van der Waals surface area (Å²) in [5.74, 6) is -0.216. The minimum Gasteiger partial charge on any atom is -0.385 e. The Labute approximate surface area is 222 Å². The smallest absolute Gasteiger partial charge is 0.317 e. The molecule has 0 aromatic heterocycles. The zero-order chi connectivity index (χ0) is 26.8. The minimum atomic E-state index is -1.43. The molecule has 0 radical (unpaired) electrons. The van der Waals surface area contributed by atoms with Crippen molar-refractivity contribution in [2.75, 3.05) is 33.2 Å². The molecule has 7 nitrogen and oxygen atoms in total. The molecule has 3 atom stereocenters. The molecule has 208 valence electrons. The van der Waals surface area contributed by atoms with Crippen LogP contribution in [-0.4, -0.2) is 61.2 Å². The van der Waals surface area contributed by atoms with E-state index >= 15 is 4.39 Å². The van der Waals surface area contributed by atoms with Crippen LogP contribution in [0.15, 0.2) is 18.2 Å². The van der Waals surface area contributed by atoms with Gasteiger partial charge in [0.15, 0.2) is 0 Å². The van der Waals surface area contributed by atoms with Gasteiger partial charge < -0.3 is 26.0 Å². The fourth-order valence-electron chi connectivity index (χ4n) is 6.23. The fraction of sp³-hybridized carbons (Fsp3) is 0.724. The van der Waals surface area contributed by atoms with Gasteiger partial charge in [-0.2, -0.15) is 0 Å². The number of piperidine rings is 1. The normalized spacial score (nSPS) is 21.2. The van der Waals surface area contributed by atoms with Crippen LogP contribution in [-0.2, 0) is 10.4 Å². The van der Waals surface area contributed by atoms with Gasteiger partial charge in [0.1, 0.15) is 5.82 Å². The van der Waals surface area contributed by atoms with Crippen LogP contribution in [0.25, 0.3) is 0 Å². The lowest BCUT2D eigenvalue weighted by Crippen LogP contribution is -2.54. The number of carbonyl (C=O) groups excluding carboxylic acids is 2. The van der Waals surface area contributed by atoms with Crippen molar-refractivity contribution in [2.24, 2.45) is 11.8 Å². The molecule has 0 unspecified atom stereocenters. The van der Waals surface area contributed by atoms with Crippen LogP contribution >= 0.6 is 0 Å². The van der Waals surface area contributed by atoms with Crippen molar-refractivity contribution in [3.8, 4) is 0 Å². The quantitative estimate of drug-likeness (QED) is 0.330. The van der Waals surface area contributed by atoms with Gasteiger partial charge in [-0.25, -0.2) is 9.18 Å². The predicted octanol–water partition coefficient (Wildman–Crippen LogP) is 4.22. The lowest BCUT2D eigenvalue weighted by molar-refractivity contribution is -0.119. The van der Waals surface area contributed by atoms with Crippen LogP contribution in [0.3, 0.4) is 0 Å². The number of nitrogens with zero attached hydrogens (tertiary/aromatic N) is 1. The third-order valence-electron chi connectivity index (χ3n) is 8.20. The third-order valence-corrected chi connectivity index (χ3v) is 8.20. The summed E-state index contributed by atoms with van der Waals surface area (Å²) in [5, 5.41) is 21.3. The Morgan fingerprint density at radius 2 is 1.95 bits per heavy atom. The number of nitrogens with one attached hydrogen (secondary N) is 3. The van der Waals surface area contributed by atoms with Crippen LogP contribution in [0.1, 0.15) is 82.3 Å². The van der Waals surface area contributed by atoms with Crippen molar-refractivity contribution in [3.05, 3.63) is 35.1 Å². The van der Waals surface area contributed by atoms with Gasteiger partial charge in [-0.1, -0.05) is 49.8 Å². The number of urea groups is 1. The number of halogens is 1. The number of rotatable bonds is 11. The Morgan fingerprint density at radius 1 is 1.19 bits per heavy atom. The van der Waals surface area contributed by atoms with E-state index in [0.717, 1.165) is 24.9 Å². The summed E-state index contributed by atoms with van der Waals surface area (Å²) in [5.41, 5.74) is -0.271. The summed E-state index contributed by atoms with van der Waals surface area (Å²) in [7, 11) is 1.91. The molecule has 2 aliphatic rings. The molecule has 8 heteroatoms. The number of likely N-dealkylation sites (tertiary alicyclic amines) is 1. The monoisotopic (exact) mass is 518 g/mol. The highest BCUT2D eigenvalue weighted by Crippen LogP contribution is 2.41. The second-order valence-electron chi connectivity index (χ2n) is 11.2.